The lowest BCUT2D eigenvalue weighted by molar-refractivity contribution is -0.141. The van der Waals surface area contributed by atoms with E-state index in [1.54, 1.807) is 23.3 Å². The van der Waals surface area contributed by atoms with Gasteiger partial charge in [-0.1, -0.05) is 37.1 Å². The smallest absolute Gasteiger partial charge is 0.248 e. The van der Waals surface area contributed by atoms with E-state index < -0.39 is 6.04 Å². The Balaban J connectivity index is 1.66. The summed E-state index contributed by atoms with van der Waals surface area (Å²) in [6.07, 6.45) is 4.56. The Labute approximate surface area is 197 Å². The first-order chi connectivity index (χ1) is 15.6. The molecule has 0 bridgehead atoms. The normalized spacial score (nSPS) is 14.8. The molecule has 1 N–H and O–H groups in total. The molecule has 1 aromatic carbocycles. The van der Waals surface area contributed by atoms with E-state index in [4.69, 9.17) is 4.74 Å². The van der Waals surface area contributed by atoms with Gasteiger partial charge in [-0.05, 0) is 53.4 Å². The van der Waals surface area contributed by atoms with Crippen LogP contribution in [0.1, 0.15) is 47.0 Å². The summed E-state index contributed by atoms with van der Waals surface area (Å²) in [4.78, 5) is 30.7. The number of carbonyl (C=O) groups is 2. The Morgan fingerprint density at radius 2 is 1.88 bits per heavy atom. The molecule has 1 aliphatic carbocycles. The number of nitrogens with zero attached hydrogens (tertiary/aromatic N) is 1. The maximum absolute atomic E-state index is 13.6. The number of hydrogen-bond donors (Lipinski definition) is 1. The Bertz CT molecular complexity index is 1010. The van der Waals surface area contributed by atoms with Crippen LogP contribution in [0.3, 0.4) is 0 Å². The number of ether oxygens (including phenoxy) is 1. The summed E-state index contributed by atoms with van der Waals surface area (Å²) in [5.74, 6) is 0.577. The van der Waals surface area contributed by atoms with Crippen LogP contribution in [-0.4, -0.2) is 29.9 Å². The molecule has 1 aliphatic rings. The number of amides is 2. The first-order valence-electron chi connectivity index (χ1n) is 10.9. The van der Waals surface area contributed by atoms with Crippen molar-refractivity contribution in [2.75, 3.05) is 7.11 Å². The van der Waals surface area contributed by atoms with Crippen LogP contribution in [0.4, 0.5) is 0 Å². The second-order valence-electron chi connectivity index (χ2n) is 8.04. The number of rotatable bonds is 9. The van der Waals surface area contributed by atoms with Crippen LogP contribution in [0.25, 0.3) is 0 Å². The summed E-state index contributed by atoms with van der Waals surface area (Å²) in [5.41, 5.74) is 0.930. The Kier molecular flexibility index (Phi) is 7.60. The number of thiophene rings is 2. The van der Waals surface area contributed by atoms with Crippen LogP contribution in [0.5, 0.6) is 5.75 Å². The van der Waals surface area contributed by atoms with Gasteiger partial charge in [0.05, 0.1) is 13.5 Å². The highest BCUT2D eigenvalue weighted by atomic mass is 32.1. The Morgan fingerprint density at radius 3 is 2.56 bits per heavy atom. The molecule has 0 spiro atoms. The van der Waals surface area contributed by atoms with Gasteiger partial charge in [-0.25, -0.2) is 0 Å². The van der Waals surface area contributed by atoms with E-state index in [1.165, 1.54) is 11.3 Å². The Morgan fingerprint density at radius 1 is 1.09 bits per heavy atom. The maximum atomic E-state index is 13.6. The van der Waals surface area contributed by atoms with Gasteiger partial charge in [-0.2, -0.15) is 0 Å². The summed E-state index contributed by atoms with van der Waals surface area (Å²) in [6, 6.07) is 15.0. The topological polar surface area (TPSA) is 58.6 Å². The zero-order chi connectivity index (χ0) is 22.3. The zero-order valence-electron chi connectivity index (χ0n) is 18.2. The van der Waals surface area contributed by atoms with Crippen LogP contribution in [0.2, 0.25) is 0 Å². The summed E-state index contributed by atoms with van der Waals surface area (Å²) >= 11 is 3.07. The van der Waals surface area contributed by atoms with Gasteiger partial charge in [-0.15, -0.1) is 22.7 Å². The fraction of sp³-hybridized carbons (Fsp3) is 0.360. The lowest BCUT2D eigenvalue weighted by Gasteiger charge is -2.31. The highest BCUT2D eigenvalue weighted by Gasteiger charge is 2.34. The number of benzene rings is 1. The van der Waals surface area contributed by atoms with Gasteiger partial charge in [0.25, 0.3) is 0 Å². The highest BCUT2D eigenvalue weighted by molar-refractivity contribution is 7.10. The molecule has 2 heterocycles. The molecular weight excluding hydrogens is 440 g/mol. The van der Waals surface area contributed by atoms with Crippen molar-refractivity contribution in [2.24, 2.45) is 0 Å². The standard InChI is InChI=1S/C25H28N2O3S2/c1-30-20-10-4-7-18(15-20)17-27(23(28)16-21-11-5-13-31-21)24(22-12-6-14-32-22)25(29)26-19-8-2-3-9-19/h4-7,10-15,19,24H,2-3,8-9,16-17H2,1H3,(H,26,29). The highest BCUT2D eigenvalue weighted by Crippen LogP contribution is 2.30. The summed E-state index contributed by atoms with van der Waals surface area (Å²) in [5, 5.41) is 7.15. The van der Waals surface area contributed by atoms with E-state index in [-0.39, 0.29) is 24.3 Å². The SMILES string of the molecule is COc1cccc(CN(C(=O)Cc2cccs2)C(C(=O)NC2CCCC2)c2cccs2)c1. The van der Waals surface area contributed by atoms with E-state index in [1.807, 2.05) is 59.3 Å². The van der Waals surface area contributed by atoms with Gasteiger partial charge in [0.15, 0.2) is 0 Å². The van der Waals surface area contributed by atoms with E-state index in [2.05, 4.69) is 5.32 Å². The average molecular weight is 469 g/mol. The summed E-state index contributed by atoms with van der Waals surface area (Å²) in [7, 11) is 1.63. The van der Waals surface area contributed by atoms with Crippen molar-refractivity contribution in [3.63, 3.8) is 0 Å². The molecule has 1 fully saturated rings. The van der Waals surface area contributed by atoms with Gasteiger partial charge >= 0.3 is 0 Å². The first-order valence-corrected chi connectivity index (χ1v) is 12.7. The van der Waals surface area contributed by atoms with Gasteiger partial charge < -0.3 is 15.0 Å². The Hall–Kier alpha value is -2.64. The van der Waals surface area contributed by atoms with E-state index in [9.17, 15) is 9.59 Å². The second-order valence-corrected chi connectivity index (χ2v) is 10.0. The molecule has 168 valence electrons. The van der Waals surface area contributed by atoms with Crippen molar-refractivity contribution in [3.8, 4) is 5.75 Å². The minimum Gasteiger partial charge on any atom is -0.497 e. The third-order valence-corrected chi connectivity index (χ3v) is 7.59. The molecular formula is C25H28N2O3S2. The van der Waals surface area contributed by atoms with Crippen molar-refractivity contribution < 1.29 is 14.3 Å². The van der Waals surface area contributed by atoms with E-state index in [0.717, 1.165) is 46.8 Å². The molecule has 1 atom stereocenters. The van der Waals surface area contributed by atoms with Gasteiger partial charge in [0.2, 0.25) is 11.8 Å². The van der Waals surface area contributed by atoms with Crippen LogP contribution in [-0.2, 0) is 22.6 Å². The molecule has 32 heavy (non-hydrogen) atoms. The zero-order valence-corrected chi connectivity index (χ0v) is 19.8. The third kappa shape index (κ3) is 5.58. The number of carbonyl (C=O) groups excluding carboxylic acids is 2. The van der Waals surface area contributed by atoms with Crippen LogP contribution >= 0.6 is 22.7 Å². The fourth-order valence-electron chi connectivity index (χ4n) is 4.18. The molecule has 7 heteroatoms. The first kappa shape index (κ1) is 22.6. The van der Waals surface area contributed by atoms with E-state index >= 15 is 0 Å². The van der Waals surface area contributed by atoms with Crippen molar-refractivity contribution >= 4 is 34.5 Å². The summed E-state index contributed by atoms with van der Waals surface area (Å²) < 4.78 is 5.37. The van der Waals surface area contributed by atoms with E-state index in [0.29, 0.717) is 6.54 Å². The molecule has 0 radical (unpaired) electrons. The number of nitrogens with one attached hydrogen (secondary N) is 1. The molecule has 0 saturated heterocycles. The molecule has 2 aromatic heterocycles. The van der Waals surface area contributed by atoms with Crippen LogP contribution in [0, 0.1) is 0 Å². The molecule has 1 unspecified atom stereocenters. The molecule has 5 nitrogen and oxygen atoms in total. The molecule has 1 saturated carbocycles. The maximum Gasteiger partial charge on any atom is 0.248 e. The predicted molar refractivity (Wildman–Crippen MR) is 129 cm³/mol. The lowest BCUT2D eigenvalue weighted by atomic mass is 10.1. The fourth-order valence-corrected chi connectivity index (χ4v) is 5.71. The quantitative estimate of drug-likeness (QED) is 0.470. The van der Waals surface area contributed by atoms with Crippen LogP contribution in [0.15, 0.2) is 59.3 Å². The van der Waals surface area contributed by atoms with Crippen LogP contribution < -0.4 is 10.1 Å². The predicted octanol–water partition coefficient (Wildman–Crippen LogP) is 5.19. The largest absolute Gasteiger partial charge is 0.497 e. The number of methoxy groups -OCH3 is 1. The average Bonchev–Trinajstić information content (AvgIpc) is 3.58. The minimum absolute atomic E-state index is 0.0600. The molecule has 4 rings (SSSR count). The molecule has 2 amide bonds. The van der Waals surface area contributed by atoms with Gasteiger partial charge in [-0.3, -0.25) is 9.59 Å². The third-order valence-electron chi connectivity index (χ3n) is 5.79. The summed E-state index contributed by atoms with van der Waals surface area (Å²) in [6.45, 7) is 0.335. The monoisotopic (exact) mass is 468 g/mol. The lowest BCUT2D eigenvalue weighted by Crippen LogP contribution is -2.46. The van der Waals surface area contributed by atoms with Crippen molar-refractivity contribution in [2.45, 2.75) is 50.7 Å². The second kappa shape index (κ2) is 10.8. The van der Waals surface area contributed by atoms with Crippen molar-refractivity contribution in [1.29, 1.82) is 0 Å². The number of hydrogen-bond acceptors (Lipinski definition) is 5. The van der Waals surface area contributed by atoms with Crippen molar-refractivity contribution in [1.82, 2.24) is 10.2 Å². The van der Waals surface area contributed by atoms with Gasteiger partial charge in [0.1, 0.15) is 11.8 Å². The van der Waals surface area contributed by atoms with Gasteiger partial charge in [0, 0.05) is 22.3 Å². The van der Waals surface area contributed by atoms with Crippen molar-refractivity contribution in [3.05, 3.63) is 74.6 Å². The molecule has 0 aliphatic heterocycles. The molecule has 3 aromatic rings. The minimum atomic E-state index is -0.658.